The Labute approximate surface area is 336 Å². The summed E-state index contributed by atoms with van der Waals surface area (Å²) in [7, 11) is 1.63. The standard InChI is InChI=1S/C45H93N2O6P/c1-6-8-10-12-14-16-18-20-21-22-23-24-25-27-29-31-33-35-37-39-45(49)46-43(42-53-54(50,51)52-41-40-47(3,4)5)44(48)38-36-34-32-30-28-26-19-17-15-13-11-9-7-2/h43-44,48H,6-42H2,1-5H3,(H-,46,49,50,51)/p+1/t43-,44+/m1/s1. The lowest BCUT2D eigenvalue weighted by atomic mass is 10.0. The molecule has 8 nitrogen and oxygen atoms in total. The van der Waals surface area contributed by atoms with E-state index in [-0.39, 0.29) is 19.1 Å². The number of nitrogens with one attached hydrogen (secondary N) is 1. The van der Waals surface area contributed by atoms with Crippen LogP contribution in [0.1, 0.15) is 232 Å². The third kappa shape index (κ3) is 39.7. The number of carbonyl (C=O) groups excluding carboxylic acids is 1. The van der Waals surface area contributed by atoms with E-state index in [2.05, 4.69) is 19.2 Å². The molecule has 54 heavy (non-hydrogen) atoms. The predicted octanol–water partition coefficient (Wildman–Crippen LogP) is 13.0. The van der Waals surface area contributed by atoms with E-state index in [4.69, 9.17) is 9.05 Å². The summed E-state index contributed by atoms with van der Waals surface area (Å²) in [5.74, 6) is -0.140. The van der Waals surface area contributed by atoms with E-state index in [0.29, 0.717) is 23.9 Å². The third-order valence-electron chi connectivity index (χ3n) is 10.9. The van der Waals surface area contributed by atoms with Crippen LogP contribution in [0.25, 0.3) is 0 Å². The van der Waals surface area contributed by atoms with E-state index in [0.717, 1.165) is 38.5 Å². The van der Waals surface area contributed by atoms with E-state index in [1.807, 2.05) is 21.1 Å². The summed E-state index contributed by atoms with van der Waals surface area (Å²) in [5, 5.41) is 14.0. The molecule has 0 spiro atoms. The molecule has 0 rings (SSSR count). The maximum absolute atomic E-state index is 12.9. The van der Waals surface area contributed by atoms with Gasteiger partial charge in [-0.2, -0.15) is 0 Å². The second-order valence-corrected chi connectivity index (χ2v) is 19.0. The fraction of sp³-hybridized carbons (Fsp3) is 0.978. The van der Waals surface area contributed by atoms with Crippen LogP contribution in [0.15, 0.2) is 0 Å². The summed E-state index contributed by atoms with van der Waals surface area (Å²) >= 11 is 0. The minimum Gasteiger partial charge on any atom is -0.391 e. The predicted molar refractivity (Wildman–Crippen MR) is 231 cm³/mol. The van der Waals surface area contributed by atoms with Crippen LogP contribution < -0.4 is 5.32 Å². The van der Waals surface area contributed by atoms with Crippen molar-refractivity contribution in [1.82, 2.24) is 5.32 Å². The first-order valence-electron chi connectivity index (χ1n) is 23.4. The molecule has 0 saturated heterocycles. The lowest BCUT2D eigenvalue weighted by molar-refractivity contribution is -0.870. The van der Waals surface area contributed by atoms with Crippen molar-refractivity contribution in [2.45, 2.75) is 244 Å². The van der Waals surface area contributed by atoms with Crippen molar-refractivity contribution in [3.8, 4) is 0 Å². The zero-order valence-electron chi connectivity index (χ0n) is 36.7. The molecule has 0 aliphatic heterocycles. The molecule has 0 aromatic heterocycles. The van der Waals surface area contributed by atoms with Crippen LogP contribution in [-0.2, 0) is 18.4 Å². The van der Waals surface area contributed by atoms with Gasteiger partial charge in [-0.15, -0.1) is 0 Å². The number of phosphoric ester groups is 1. The lowest BCUT2D eigenvalue weighted by Crippen LogP contribution is -2.46. The number of amides is 1. The van der Waals surface area contributed by atoms with Crippen molar-refractivity contribution < 1.29 is 32.9 Å². The van der Waals surface area contributed by atoms with Gasteiger partial charge in [-0.05, 0) is 12.8 Å². The van der Waals surface area contributed by atoms with Gasteiger partial charge in [-0.1, -0.05) is 213 Å². The molecule has 0 fully saturated rings. The van der Waals surface area contributed by atoms with Gasteiger partial charge in [0.15, 0.2) is 0 Å². The highest BCUT2D eigenvalue weighted by molar-refractivity contribution is 7.47. The van der Waals surface area contributed by atoms with Crippen molar-refractivity contribution in [3.63, 3.8) is 0 Å². The average molecular weight is 790 g/mol. The number of hydrogen-bond acceptors (Lipinski definition) is 5. The first kappa shape index (κ1) is 53.5. The zero-order valence-corrected chi connectivity index (χ0v) is 37.6. The van der Waals surface area contributed by atoms with Gasteiger partial charge < -0.3 is 19.8 Å². The molecular formula is C45H94N2O6P+. The zero-order chi connectivity index (χ0) is 40.0. The molecule has 0 aliphatic rings. The second-order valence-electron chi connectivity index (χ2n) is 17.5. The molecule has 1 amide bonds. The Morgan fingerprint density at radius 3 is 1.24 bits per heavy atom. The Morgan fingerprint density at radius 1 is 0.556 bits per heavy atom. The molecule has 3 N–H and O–H groups in total. The molecule has 3 atom stereocenters. The summed E-state index contributed by atoms with van der Waals surface area (Å²) in [5.41, 5.74) is 0. The Bertz CT molecular complexity index is 855. The van der Waals surface area contributed by atoms with Crippen molar-refractivity contribution in [2.24, 2.45) is 0 Å². The minimum atomic E-state index is -4.31. The van der Waals surface area contributed by atoms with Gasteiger partial charge in [-0.3, -0.25) is 13.8 Å². The van der Waals surface area contributed by atoms with Crippen LogP contribution in [0.4, 0.5) is 0 Å². The monoisotopic (exact) mass is 790 g/mol. The fourth-order valence-electron chi connectivity index (χ4n) is 7.11. The summed E-state index contributed by atoms with van der Waals surface area (Å²) in [6.07, 6.45) is 41.2. The summed E-state index contributed by atoms with van der Waals surface area (Å²) in [4.78, 5) is 23.2. The number of nitrogens with zero attached hydrogens (tertiary/aromatic N) is 1. The van der Waals surface area contributed by atoms with Crippen LogP contribution in [-0.4, -0.2) is 73.4 Å². The van der Waals surface area contributed by atoms with Crippen molar-refractivity contribution >= 4 is 13.7 Å². The van der Waals surface area contributed by atoms with Crippen LogP contribution in [0, 0.1) is 0 Å². The first-order chi connectivity index (χ1) is 26.0. The van der Waals surface area contributed by atoms with Crippen molar-refractivity contribution in [1.29, 1.82) is 0 Å². The highest BCUT2D eigenvalue weighted by Gasteiger charge is 2.28. The molecule has 9 heteroatoms. The molecule has 0 bridgehead atoms. The highest BCUT2D eigenvalue weighted by atomic mass is 31.2. The number of aliphatic hydroxyl groups is 1. The second kappa shape index (κ2) is 38.0. The number of rotatable bonds is 43. The normalized spacial score (nSPS) is 14.3. The Morgan fingerprint density at radius 2 is 0.889 bits per heavy atom. The molecule has 0 aromatic rings. The number of phosphoric acid groups is 1. The van der Waals surface area contributed by atoms with Gasteiger partial charge in [0.25, 0.3) is 0 Å². The fourth-order valence-corrected chi connectivity index (χ4v) is 7.84. The van der Waals surface area contributed by atoms with Gasteiger partial charge in [0.2, 0.25) is 5.91 Å². The third-order valence-corrected chi connectivity index (χ3v) is 11.8. The van der Waals surface area contributed by atoms with E-state index in [1.54, 1.807) is 0 Å². The topological polar surface area (TPSA) is 105 Å². The van der Waals surface area contributed by atoms with Crippen LogP contribution >= 0.6 is 7.82 Å². The van der Waals surface area contributed by atoms with Gasteiger partial charge in [-0.25, -0.2) is 4.57 Å². The minimum absolute atomic E-state index is 0.0786. The number of quaternary nitrogens is 1. The molecule has 0 radical (unpaired) electrons. The Kier molecular flexibility index (Phi) is 37.7. The maximum atomic E-state index is 12.9. The molecule has 0 aromatic carbocycles. The Balaban J connectivity index is 4.26. The molecule has 1 unspecified atom stereocenters. The average Bonchev–Trinajstić information content (AvgIpc) is 3.12. The SMILES string of the molecule is CCCCCCCCCCCCCCCCCCCCCC(=O)N[C@H](COP(=O)(O)OCC[N+](C)(C)C)[C@@H](O)CCCCCCCCCCCCCCC. The van der Waals surface area contributed by atoms with Gasteiger partial charge >= 0.3 is 7.82 Å². The van der Waals surface area contributed by atoms with E-state index in [9.17, 15) is 19.4 Å². The summed E-state index contributed by atoms with van der Waals surface area (Å²) < 4.78 is 23.6. The summed E-state index contributed by atoms with van der Waals surface area (Å²) in [6, 6.07) is -0.752. The molecule has 0 aliphatic carbocycles. The molecule has 0 heterocycles. The van der Waals surface area contributed by atoms with Gasteiger partial charge in [0.05, 0.1) is 39.9 Å². The van der Waals surface area contributed by atoms with Crippen molar-refractivity contribution in [3.05, 3.63) is 0 Å². The smallest absolute Gasteiger partial charge is 0.391 e. The van der Waals surface area contributed by atoms with Crippen LogP contribution in [0.5, 0.6) is 0 Å². The van der Waals surface area contributed by atoms with E-state index in [1.165, 1.54) is 167 Å². The van der Waals surface area contributed by atoms with Gasteiger partial charge in [0.1, 0.15) is 13.2 Å². The van der Waals surface area contributed by atoms with Crippen LogP contribution in [0.3, 0.4) is 0 Å². The Hall–Kier alpha value is -0.500. The van der Waals surface area contributed by atoms with E-state index >= 15 is 0 Å². The van der Waals surface area contributed by atoms with Gasteiger partial charge in [0, 0.05) is 6.42 Å². The van der Waals surface area contributed by atoms with Crippen molar-refractivity contribution in [2.75, 3.05) is 40.9 Å². The van der Waals surface area contributed by atoms with Crippen LogP contribution in [0.2, 0.25) is 0 Å². The number of hydrogen-bond donors (Lipinski definition) is 3. The number of unbranched alkanes of at least 4 members (excludes halogenated alkanes) is 30. The molecular weight excluding hydrogens is 695 g/mol. The molecule has 0 saturated carbocycles. The quantitative estimate of drug-likeness (QED) is 0.0323. The largest absolute Gasteiger partial charge is 0.472 e. The summed E-state index contributed by atoms with van der Waals surface area (Å²) in [6.45, 7) is 4.91. The molecule has 324 valence electrons. The first-order valence-corrected chi connectivity index (χ1v) is 24.9. The maximum Gasteiger partial charge on any atom is 0.472 e. The lowest BCUT2D eigenvalue weighted by Gasteiger charge is -2.26. The number of likely N-dealkylation sites (N-methyl/N-ethyl adjacent to an activating group) is 1. The number of aliphatic hydroxyl groups excluding tert-OH is 1. The van der Waals surface area contributed by atoms with E-state index < -0.39 is 20.0 Å². The number of carbonyl (C=O) groups is 1. The highest BCUT2D eigenvalue weighted by Crippen LogP contribution is 2.43.